The first-order valence-electron chi connectivity index (χ1n) is 8.12. The number of nitrogens with two attached hydrogens (primary N) is 1. The van der Waals surface area contributed by atoms with E-state index in [0.717, 1.165) is 6.42 Å². The Morgan fingerprint density at radius 2 is 2.00 bits per heavy atom. The average Bonchev–Trinajstić information content (AvgIpc) is 2.45. The van der Waals surface area contributed by atoms with Gasteiger partial charge in [-0.15, -0.1) is 0 Å². The molecule has 4 atom stereocenters. The van der Waals surface area contributed by atoms with Crippen LogP contribution >= 0.6 is 0 Å². The van der Waals surface area contributed by atoms with E-state index in [1.807, 2.05) is 6.07 Å². The molecule has 1 aromatic rings. The minimum Gasteiger partial charge on any atom is -0.369 e. The minimum absolute atomic E-state index is 0.182. The fourth-order valence-electron chi connectivity index (χ4n) is 3.47. The summed E-state index contributed by atoms with van der Waals surface area (Å²) in [6.45, 7) is 7.08. The molecule has 2 nitrogen and oxygen atoms in total. The molecule has 1 saturated carbocycles. The van der Waals surface area contributed by atoms with Crippen LogP contribution in [-0.4, -0.2) is 12.6 Å². The normalized spacial score (nSPS) is 27.8. The van der Waals surface area contributed by atoms with Crippen LogP contribution in [0.4, 0.5) is 4.39 Å². The summed E-state index contributed by atoms with van der Waals surface area (Å²) in [5, 5.41) is 0. The maximum Gasteiger partial charge on any atom is 0.129 e. The zero-order valence-corrected chi connectivity index (χ0v) is 13.4. The van der Waals surface area contributed by atoms with Gasteiger partial charge in [0.2, 0.25) is 0 Å². The van der Waals surface area contributed by atoms with E-state index in [0.29, 0.717) is 29.9 Å². The number of halogens is 1. The van der Waals surface area contributed by atoms with E-state index < -0.39 is 0 Å². The smallest absolute Gasteiger partial charge is 0.129 e. The van der Waals surface area contributed by atoms with Crippen LogP contribution in [0.25, 0.3) is 0 Å². The Morgan fingerprint density at radius 3 is 2.62 bits per heavy atom. The molecule has 4 unspecified atom stereocenters. The first-order chi connectivity index (χ1) is 10.0. The molecule has 0 bridgehead atoms. The standard InChI is InChI=1S/C18H28FNO/c1-12(2)14-9-8-13(3)10-17(14)21-18(11-20)15-6-4-5-7-16(15)19/h4-7,12-14,17-18H,8-11,20H2,1-3H3. The molecular weight excluding hydrogens is 265 g/mol. The second kappa shape index (κ2) is 7.37. The van der Waals surface area contributed by atoms with E-state index in [4.69, 9.17) is 10.5 Å². The molecule has 118 valence electrons. The van der Waals surface area contributed by atoms with Crippen LogP contribution in [0.15, 0.2) is 24.3 Å². The third kappa shape index (κ3) is 4.04. The highest BCUT2D eigenvalue weighted by Gasteiger charge is 2.33. The molecule has 1 aliphatic carbocycles. The molecule has 1 aliphatic rings. The van der Waals surface area contributed by atoms with Crippen molar-refractivity contribution in [2.75, 3.05) is 6.54 Å². The Bertz CT molecular complexity index is 449. The molecule has 1 aromatic carbocycles. The lowest BCUT2D eigenvalue weighted by atomic mass is 9.75. The summed E-state index contributed by atoms with van der Waals surface area (Å²) in [5.74, 6) is 1.57. The summed E-state index contributed by atoms with van der Waals surface area (Å²) in [7, 11) is 0. The number of hydrogen-bond donors (Lipinski definition) is 1. The van der Waals surface area contributed by atoms with Crippen LogP contribution in [0.1, 0.15) is 51.7 Å². The van der Waals surface area contributed by atoms with E-state index >= 15 is 0 Å². The Balaban J connectivity index is 2.14. The van der Waals surface area contributed by atoms with Crippen molar-refractivity contribution < 1.29 is 9.13 Å². The van der Waals surface area contributed by atoms with Crippen LogP contribution in [0.2, 0.25) is 0 Å². The van der Waals surface area contributed by atoms with Crippen LogP contribution in [0, 0.1) is 23.6 Å². The van der Waals surface area contributed by atoms with Crippen LogP contribution in [0.3, 0.4) is 0 Å². The largest absolute Gasteiger partial charge is 0.369 e. The zero-order chi connectivity index (χ0) is 15.4. The molecule has 0 amide bonds. The van der Waals surface area contributed by atoms with E-state index in [2.05, 4.69) is 20.8 Å². The van der Waals surface area contributed by atoms with Gasteiger partial charge in [0.1, 0.15) is 5.82 Å². The lowest BCUT2D eigenvalue weighted by Gasteiger charge is -2.39. The van der Waals surface area contributed by atoms with Gasteiger partial charge in [0.15, 0.2) is 0 Å². The van der Waals surface area contributed by atoms with E-state index in [1.165, 1.54) is 18.9 Å². The van der Waals surface area contributed by atoms with Gasteiger partial charge in [-0.2, -0.15) is 0 Å². The van der Waals surface area contributed by atoms with Gasteiger partial charge >= 0.3 is 0 Å². The molecule has 21 heavy (non-hydrogen) atoms. The summed E-state index contributed by atoms with van der Waals surface area (Å²) in [6.07, 6.45) is 3.34. The highest BCUT2D eigenvalue weighted by Crippen LogP contribution is 2.37. The lowest BCUT2D eigenvalue weighted by molar-refractivity contribution is -0.0795. The Labute approximate surface area is 127 Å². The molecule has 0 saturated heterocycles. The molecule has 1 fully saturated rings. The average molecular weight is 293 g/mol. The molecule has 0 spiro atoms. The van der Waals surface area contributed by atoms with Gasteiger partial charge in [0.05, 0.1) is 12.2 Å². The number of hydrogen-bond acceptors (Lipinski definition) is 2. The maximum absolute atomic E-state index is 14.0. The van der Waals surface area contributed by atoms with E-state index in [9.17, 15) is 4.39 Å². The summed E-state index contributed by atoms with van der Waals surface area (Å²) in [4.78, 5) is 0. The van der Waals surface area contributed by atoms with Gasteiger partial charge < -0.3 is 10.5 Å². The first kappa shape index (κ1) is 16.4. The summed E-state index contributed by atoms with van der Waals surface area (Å²) in [5.41, 5.74) is 6.44. The van der Waals surface area contributed by atoms with Crippen molar-refractivity contribution in [2.24, 2.45) is 23.5 Å². The molecule has 0 aliphatic heterocycles. The molecule has 3 heteroatoms. The third-order valence-corrected chi connectivity index (χ3v) is 4.77. The second-order valence-corrected chi connectivity index (χ2v) is 6.75. The molecule has 0 aromatic heterocycles. The van der Waals surface area contributed by atoms with Crippen molar-refractivity contribution >= 4 is 0 Å². The predicted octanol–water partition coefficient (Wildman–Crippen LogP) is 4.30. The quantitative estimate of drug-likeness (QED) is 0.878. The first-order valence-corrected chi connectivity index (χ1v) is 8.12. The van der Waals surface area contributed by atoms with Crippen LogP contribution in [0.5, 0.6) is 0 Å². The molecule has 0 radical (unpaired) electrons. The molecule has 2 rings (SSSR count). The Morgan fingerprint density at radius 1 is 1.29 bits per heavy atom. The van der Waals surface area contributed by atoms with Gasteiger partial charge in [-0.25, -0.2) is 4.39 Å². The summed E-state index contributed by atoms with van der Waals surface area (Å²) >= 11 is 0. The molecule has 0 heterocycles. The zero-order valence-electron chi connectivity index (χ0n) is 13.4. The van der Waals surface area contributed by atoms with Gasteiger partial charge in [-0.05, 0) is 36.7 Å². The number of benzene rings is 1. The fourth-order valence-corrected chi connectivity index (χ4v) is 3.47. The molecular formula is C18H28FNO. The van der Waals surface area contributed by atoms with Crippen LogP contribution < -0.4 is 5.73 Å². The van der Waals surface area contributed by atoms with Crippen molar-refractivity contribution in [3.05, 3.63) is 35.6 Å². The van der Waals surface area contributed by atoms with Crippen molar-refractivity contribution in [3.63, 3.8) is 0 Å². The Hall–Kier alpha value is -0.930. The monoisotopic (exact) mass is 293 g/mol. The third-order valence-electron chi connectivity index (χ3n) is 4.77. The van der Waals surface area contributed by atoms with E-state index in [1.54, 1.807) is 12.1 Å². The Kier molecular flexibility index (Phi) is 5.77. The van der Waals surface area contributed by atoms with Crippen molar-refractivity contribution in [1.82, 2.24) is 0 Å². The highest BCUT2D eigenvalue weighted by molar-refractivity contribution is 5.20. The highest BCUT2D eigenvalue weighted by atomic mass is 19.1. The van der Waals surface area contributed by atoms with E-state index in [-0.39, 0.29) is 18.0 Å². The van der Waals surface area contributed by atoms with Gasteiger partial charge in [0, 0.05) is 12.1 Å². The SMILES string of the molecule is CC1CCC(C(C)C)C(OC(CN)c2ccccc2F)C1. The maximum atomic E-state index is 14.0. The summed E-state index contributed by atoms with van der Waals surface area (Å²) in [6, 6.07) is 6.80. The van der Waals surface area contributed by atoms with Gasteiger partial charge in [-0.3, -0.25) is 0 Å². The van der Waals surface area contributed by atoms with Crippen molar-refractivity contribution in [2.45, 2.75) is 52.2 Å². The predicted molar refractivity (Wildman–Crippen MR) is 84.4 cm³/mol. The lowest BCUT2D eigenvalue weighted by Crippen LogP contribution is -2.36. The molecule has 2 N–H and O–H groups in total. The fraction of sp³-hybridized carbons (Fsp3) is 0.667. The summed E-state index contributed by atoms with van der Waals surface area (Å²) < 4.78 is 20.3. The van der Waals surface area contributed by atoms with Gasteiger partial charge in [-0.1, -0.05) is 45.4 Å². The number of rotatable bonds is 5. The van der Waals surface area contributed by atoms with Crippen molar-refractivity contribution in [3.8, 4) is 0 Å². The van der Waals surface area contributed by atoms with Gasteiger partial charge in [0.25, 0.3) is 0 Å². The van der Waals surface area contributed by atoms with Crippen molar-refractivity contribution in [1.29, 1.82) is 0 Å². The number of ether oxygens (including phenoxy) is 1. The topological polar surface area (TPSA) is 35.2 Å². The van der Waals surface area contributed by atoms with Crippen LogP contribution in [-0.2, 0) is 4.74 Å². The second-order valence-electron chi connectivity index (χ2n) is 6.75. The minimum atomic E-state index is -0.345.